The van der Waals surface area contributed by atoms with Crippen LogP contribution in [-0.4, -0.2) is 5.91 Å². The fourth-order valence-corrected chi connectivity index (χ4v) is 2.50. The molecule has 0 aliphatic carbocycles. The SMILES string of the molecule is Cc1ccc(CCC(=O)NC(C)c2ccc(F)cc2F)cc1Cl. The summed E-state index contributed by atoms with van der Waals surface area (Å²) in [5.41, 5.74) is 2.22. The van der Waals surface area contributed by atoms with E-state index in [2.05, 4.69) is 5.32 Å². The summed E-state index contributed by atoms with van der Waals surface area (Å²) >= 11 is 6.05. The van der Waals surface area contributed by atoms with E-state index in [1.807, 2.05) is 25.1 Å². The van der Waals surface area contributed by atoms with Gasteiger partial charge in [-0.2, -0.15) is 0 Å². The van der Waals surface area contributed by atoms with Crippen LogP contribution in [0.25, 0.3) is 0 Å². The molecule has 0 saturated carbocycles. The van der Waals surface area contributed by atoms with Crippen molar-refractivity contribution in [3.8, 4) is 0 Å². The molecule has 122 valence electrons. The van der Waals surface area contributed by atoms with E-state index in [0.29, 0.717) is 11.4 Å². The maximum absolute atomic E-state index is 13.7. The van der Waals surface area contributed by atoms with E-state index in [0.717, 1.165) is 17.2 Å². The van der Waals surface area contributed by atoms with Gasteiger partial charge in [0.05, 0.1) is 6.04 Å². The summed E-state index contributed by atoms with van der Waals surface area (Å²) in [5.74, 6) is -1.50. The maximum atomic E-state index is 13.7. The summed E-state index contributed by atoms with van der Waals surface area (Å²) < 4.78 is 26.6. The molecule has 0 spiro atoms. The Morgan fingerprint density at radius 1 is 1.22 bits per heavy atom. The second-order valence-electron chi connectivity index (χ2n) is 5.54. The second-order valence-corrected chi connectivity index (χ2v) is 5.95. The van der Waals surface area contributed by atoms with Crippen LogP contribution in [0.15, 0.2) is 36.4 Å². The normalized spacial score (nSPS) is 12.0. The van der Waals surface area contributed by atoms with Gasteiger partial charge in [-0.1, -0.05) is 29.8 Å². The average molecular weight is 338 g/mol. The van der Waals surface area contributed by atoms with Gasteiger partial charge in [-0.25, -0.2) is 8.78 Å². The minimum Gasteiger partial charge on any atom is -0.349 e. The zero-order valence-corrected chi connectivity index (χ0v) is 13.8. The zero-order chi connectivity index (χ0) is 17.0. The standard InChI is InChI=1S/C18H18ClF2NO/c1-11-3-4-13(9-16(11)19)5-8-18(23)22-12(2)15-7-6-14(20)10-17(15)21/h3-4,6-7,9-10,12H,5,8H2,1-2H3,(H,22,23). The van der Waals surface area contributed by atoms with Gasteiger partial charge in [-0.15, -0.1) is 0 Å². The molecule has 23 heavy (non-hydrogen) atoms. The number of hydrogen-bond donors (Lipinski definition) is 1. The van der Waals surface area contributed by atoms with Crippen molar-refractivity contribution >= 4 is 17.5 Å². The van der Waals surface area contributed by atoms with Gasteiger partial charge in [0.25, 0.3) is 0 Å². The number of nitrogens with one attached hydrogen (secondary N) is 1. The number of amides is 1. The topological polar surface area (TPSA) is 29.1 Å². The predicted molar refractivity (Wildman–Crippen MR) is 87.4 cm³/mol. The number of carbonyl (C=O) groups excluding carboxylic acids is 1. The van der Waals surface area contributed by atoms with E-state index in [9.17, 15) is 13.6 Å². The lowest BCUT2D eigenvalue weighted by molar-refractivity contribution is -0.121. The second kappa shape index (κ2) is 7.55. The first kappa shape index (κ1) is 17.4. The lowest BCUT2D eigenvalue weighted by atomic mass is 10.1. The molecule has 0 saturated heterocycles. The highest BCUT2D eigenvalue weighted by atomic mass is 35.5. The van der Waals surface area contributed by atoms with Gasteiger partial charge in [0.15, 0.2) is 0 Å². The van der Waals surface area contributed by atoms with Crippen molar-refractivity contribution in [1.82, 2.24) is 5.32 Å². The molecule has 0 aliphatic rings. The smallest absolute Gasteiger partial charge is 0.220 e. The highest BCUT2D eigenvalue weighted by molar-refractivity contribution is 6.31. The number of hydrogen-bond acceptors (Lipinski definition) is 1. The molecule has 2 nitrogen and oxygen atoms in total. The van der Waals surface area contributed by atoms with Crippen LogP contribution in [0, 0.1) is 18.6 Å². The molecule has 0 heterocycles. The number of rotatable bonds is 5. The van der Waals surface area contributed by atoms with Crippen molar-refractivity contribution in [2.75, 3.05) is 0 Å². The molecule has 0 aromatic heterocycles. The Morgan fingerprint density at radius 3 is 2.61 bits per heavy atom. The highest BCUT2D eigenvalue weighted by Crippen LogP contribution is 2.19. The number of aryl methyl sites for hydroxylation is 2. The van der Waals surface area contributed by atoms with Gasteiger partial charge >= 0.3 is 0 Å². The molecule has 1 N–H and O–H groups in total. The zero-order valence-electron chi connectivity index (χ0n) is 13.0. The summed E-state index contributed by atoms with van der Waals surface area (Å²) in [6.07, 6.45) is 0.816. The van der Waals surface area contributed by atoms with Crippen LogP contribution in [0.1, 0.15) is 36.1 Å². The molecule has 1 unspecified atom stereocenters. The summed E-state index contributed by atoms with van der Waals surface area (Å²) in [5, 5.41) is 3.39. The van der Waals surface area contributed by atoms with Crippen LogP contribution in [0.3, 0.4) is 0 Å². The minimum atomic E-state index is -0.664. The van der Waals surface area contributed by atoms with Crippen LogP contribution >= 0.6 is 11.6 Å². The van der Waals surface area contributed by atoms with E-state index < -0.39 is 17.7 Å². The first-order valence-corrected chi connectivity index (χ1v) is 7.74. The van der Waals surface area contributed by atoms with Gasteiger partial charge in [0.1, 0.15) is 11.6 Å². The summed E-state index contributed by atoms with van der Waals surface area (Å²) in [7, 11) is 0. The van der Waals surface area contributed by atoms with E-state index >= 15 is 0 Å². The van der Waals surface area contributed by atoms with Gasteiger partial charge in [-0.05, 0) is 43.5 Å². The van der Waals surface area contributed by atoms with Gasteiger partial charge in [-0.3, -0.25) is 4.79 Å². The molecular formula is C18H18ClF2NO. The van der Waals surface area contributed by atoms with Crippen LogP contribution in [-0.2, 0) is 11.2 Å². The van der Waals surface area contributed by atoms with E-state index in [4.69, 9.17) is 11.6 Å². The average Bonchev–Trinajstić information content (AvgIpc) is 2.48. The third kappa shape index (κ3) is 4.76. The monoisotopic (exact) mass is 337 g/mol. The Balaban J connectivity index is 1.92. The van der Waals surface area contributed by atoms with Crippen molar-refractivity contribution in [1.29, 1.82) is 0 Å². The number of carbonyl (C=O) groups is 1. The van der Waals surface area contributed by atoms with E-state index in [1.165, 1.54) is 12.1 Å². The Labute approximate surface area is 139 Å². The van der Waals surface area contributed by atoms with Crippen molar-refractivity contribution < 1.29 is 13.6 Å². The molecule has 1 atom stereocenters. The van der Waals surface area contributed by atoms with Crippen molar-refractivity contribution in [2.45, 2.75) is 32.7 Å². The fraction of sp³-hybridized carbons (Fsp3) is 0.278. The van der Waals surface area contributed by atoms with E-state index in [-0.39, 0.29) is 17.9 Å². The first-order chi connectivity index (χ1) is 10.9. The Kier molecular flexibility index (Phi) is 5.72. The Bertz CT molecular complexity index is 718. The third-order valence-corrected chi connectivity index (χ3v) is 4.09. The fourth-order valence-electron chi connectivity index (χ4n) is 2.29. The number of halogens is 3. The van der Waals surface area contributed by atoms with Gasteiger partial charge < -0.3 is 5.32 Å². The van der Waals surface area contributed by atoms with Crippen LogP contribution in [0.5, 0.6) is 0 Å². The molecule has 2 aromatic carbocycles. The van der Waals surface area contributed by atoms with Crippen molar-refractivity contribution in [3.05, 3.63) is 69.7 Å². The molecule has 1 amide bonds. The van der Waals surface area contributed by atoms with Crippen LogP contribution in [0.4, 0.5) is 8.78 Å². The van der Waals surface area contributed by atoms with Gasteiger partial charge in [0.2, 0.25) is 5.91 Å². The third-order valence-electron chi connectivity index (χ3n) is 3.68. The van der Waals surface area contributed by atoms with Crippen molar-refractivity contribution in [2.24, 2.45) is 0 Å². The molecule has 0 bridgehead atoms. The molecule has 0 radical (unpaired) electrons. The summed E-state index contributed by atoms with van der Waals surface area (Å²) in [6.45, 7) is 3.58. The van der Waals surface area contributed by atoms with Crippen LogP contribution < -0.4 is 5.32 Å². The quantitative estimate of drug-likeness (QED) is 0.839. The largest absolute Gasteiger partial charge is 0.349 e. The predicted octanol–water partition coefficient (Wildman–Crippen LogP) is 4.74. The Morgan fingerprint density at radius 2 is 1.96 bits per heavy atom. The number of benzene rings is 2. The molecule has 2 aromatic rings. The lowest BCUT2D eigenvalue weighted by Gasteiger charge is -2.15. The Hall–Kier alpha value is -1.94. The maximum Gasteiger partial charge on any atom is 0.220 e. The van der Waals surface area contributed by atoms with E-state index in [1.54, 1.807) is 6.92 Å². The molecule has 2 rings (SSSR count). The van der Waals surface area contributed by atoms with Gasteiger partial charge in [0, 0.05) is 23.1 Å². The first-order valence-electron chi connectivity index (χ1n) is 7.36. The highest BCUT2D eigenvalue weighted by Gasteiger charge is 2.14. The van der Waals surface area contributed by atoms with Crippen LogP contribution in [0.2, 0.25) is 5.02 Å². The molecule has 0 aliphatic heterocycles. The minimum absolute atomic E-state index is 0.196. The molecule has 5 heteroatoms. The summed E-state index contributed by atoms with van der Waals surface area (Å²) in [4.78, 5) is 12.0. The lowest BCUT2D eigenvalue weighted by Crippen LogP contribution is -2.27. The molecular weight excluding hydrogens is 320 g/mol. The summed E-state index contributed by atoms with van der Waals surface area (Å²) in [6, 6.07) is 8.48. The molecule has 0 fully saturated rings. The van der Waals surface area contributed by atoms with Crippen molar-refractivity contribution in [3.63, 3.8) is 0 Å².